The summed E-state index contributed by atoms with van der Waals surface area (Å²) >= 11 is 1.57. The van der Waals surface area contributed by atoms with Gasteiger partial charge in [0.15, 0.2) is 0 Å². The van der Waals surface area contributed by atoms with Crippen LogP contribution in [-0.2, 0) is 19.1 Å². The first-order valence-corrected chi connectivity index (χ1v) is 15.0. The molecule has 7 nitrogen and oxygen atoms in total. The number of ether oxygens (including phenoxy) is 2. The van der Waals surface area contributed by atoms with Crippen LogP contribution in [0.5, 0.6) is 0 Å². The zero-order chi connectivity index (χ0) is 28.4. The Morgan fingerprint density at radius 1 is 1.24 bits per heavy atom. The number of rotatable bonds is 4. The second-order valence-electron chi connectivity index (χ2n) is 12.3. The van der Waals surface area contributed by atoms with Crippen LogP contribution in [-0.4, -0.2) is 57.0 Å². The number of carbonyl (C=O) groups excluding carboxylic acids is 2. The molecule has 1 aromatic heterocycles. The van der Waals surface area contributed by atoms with Crippen LogP contribution in [0.4, 0.5) is 0 Å². The second kappa shape index (κ2) is 12.3. The summed E-state index contributed by atoms with van der Waals surface area (Å²) in [6.07, 6.45) is 3.30. The van der Waals surface area contributed by atoms with E-state index in [1.165, 1.54) is 0 Å². The fourth-order valence-electron chi connectivity index (χ4n) is 5.87. The number of cyclic esters (lactones) is 1. The second-order valence-corrected chi connectivity index (χ2v) is 13.4. The zero-order valence-corrected chi connectivity index (χ0v) is 25.1. The predicted octanol–water partition coefficient (Wildman–Crippen LogP) is 5.50. The van der Waals surface area contributed by atoms with Gasteiger partial charge in [-0.25, -0.2) is 4.98 Å². The van der Waals surface area contributed by atoms with Crippen molar-refractivity contribution in [2.75, 3.05) is 0 Å². The summed E-state index contributed by atoms with van der Waals surface area (Å²) in [7, 11) is 0. The van der Waals surface area contributed by atoms with E-state index < -0.39 is 41.5 Å². The van der Waals surface area contributed by atoms with Gasteiger partial charge in [-0.2, -0.15) is 0 Å². The van der Waals surface area contributed by atoms with Crippen LogP contribution in [0.15, 0.2) is 11.0 Å². The average molecular weight is 550 g/mol. The number of esters is 1. The van der Waals surface area contributed by atoms with Crippen LogP contribution in [0.2, 0.25) is 0 Å². The first-order valence-electron chi connectivity index (χ1n) is 14.1. The van der Waals surface area contributed by atoms with Crippen molar-refractivity contribution in [3.05, 3.63) is 21.7 Å². The number of hydrogen-bond acceptors (Lipinski definition) is 8. The third-order valence-corrected chi connectivity index (χ3v) is 9.53. The van der Waals surface area contributed by atoms with E-state index in [4.69, 9.17) is 9.47 Å². The van der Waals surface area contributed by atoms with E-state index in [2.05, 4.69) is 11.9 Å². The fraction of sp³-hybridized carbons (Fsp3) is 0.767. The highest BCUT2D eigenvalue weighted by atomic mass is 32.1. The lowest BCUT2D eigenvalue weighted by Gasteiger charge is -2.37. The van der Waals surface area contributed by atoms with Gasteiger partial charge in [0.1, 0.15) is 11.9 Å². The smallest absolute Gasteiger partial charge is 0.312 e. The molecular formula is C30H47NO6S. The van der Waals surface area contributed by atoms with Crippen LogP contribution >= 0.6 is 11.3 Å². The Bertz CT molecular complexity index is 1020. The number of epoxide rings is 1. The standard InChI is InChI=1S/C30H47NO6S/c1-9-11-22-27(34)29(6,7)26(33)19(4)25(32)17(2)12-10-13-30(8)24(37-30)15-23(36-28(22)35)18(3)14-21-16-38-20(5)31-21/h14,16-17,19,22-25,27,32,34H,9-13,15H2,1-8H3/t17-,19+,22?,23-,24-,25-,27?,30+/m0/s1. The molecule has 3 heterocycles. The van der Waals surface area contributed by atoms with Crippen LogP contribution in [0.1, 0.15) is 97.7 Å². The van der Waals surface area contributed by atoms with Crippen molar-refractivity contribution in [1.29, 1.82) is 0 Å². The lowest BCUT2D eigenvalue weighted by atomic mass is 9.70. The number of thiazole rings is 1. The number of aryl methyl sites for hydroxylation is 1. The molecule has 0 saturated carbocycles. The molecule has 8 atom stereocenters. The number of fused-ring (bicyclic) bond motifs is 1. The highest BCUT2D eigenvalue weighted by Gasteiger charge is 2.53. The van der Waals surface area contributed by atoms with Crippen molar-refractivity contribution in [2.45, 2.75) is 124 Å². The fourth-order valence-corrected chi connectivity index (χ4v) is 6.44. The molecule has 0 bridgehead atoms. The molecule has 38 heavy (non-hydrogen) atoms. The van der Waals surface area contributed by atoms with Gasteiger partial charge in [0.2, 0.25) is 0 Å². The summed E-state index contributed by atoms with van der Waals surface area (Å²) in [6.45, 7) is 15.0. The van der Waals surface area contributed by atoms with E-state index in [1.807, 2.05) is 39.2 Å². The number of aliphatic hydroxyl groups excluding tert-OH is 2. The summed E-state index contributed by atoms with van der Waals surface area (Å²) in [5.74, 6) is -2.36. The molecule has 2 aliphatic heterocycles. The molecule has 2 N–H and O–H groups in total. The van der Waals surface area contributed by atoms with Gasteiger partial charge in [-0.3, -0.25) is 9.59 Å². The molecule has 2 fully saturated rings. The molecule has 0 aromatic carbocycles. The van der Waals surface area contributed by atoms with E-state index in [1.54, 1.807) is 32.1 Å². The predicted molar refractivity (Wildman–Crippen MR) is 150 cm³/mol. The van der Waals surface area contributed by atoms with Gasteiger partial charge >= 0.3 is 5.97 Å². The number of hydrogen-bond donors (Lipinski definition) is 2. The Hall–Kier alpha value is -1.61. The zero-order valence-electron chi connectivity index (χ0n) is 24.3. The maximum absolute atomic E-state index is 13.6. The summed E-state index contributed by atoms with van der Waals surface area (Å²) in [5, 5.41) is 25.4. The Morgan fingerprint density at radius 3 is 2.53 bits per heavy atom. The topological polar surface area (TPSA) is 109 Å². The number of ketones is 1. The van der Waals surface area contributed by atoms with Gasteiger partial charge in [-0.05, 0) is 57.6 Å². The van der Waals surface area contributed by atoms with Crippen LogP contribution < -0.4 is 0 Å². The normalized spacial score (nSPS) is 37.4. The van der Waals surface area contributed by atoms with Crippen molar-refractivity contribution in [3.8, 4) is 0 Å². The number of aromatic nitrogens is 1. The molecule has 0 radical (unpaired) electrons. The monoisotopic (exact) mass is 549 g/mol. The first-order chi connectivity index (χ1) is 17.7. The number of Topliss-reactive ketones (excluding diaryl/α,β-unsaturated/α-hetero) is 1. The summed E-state index contributed by atoms with van der Waals surface area (Å²) < 4.78 is 12.3. The highest BCUT2D eigenvalue weighted by molar-refractivity contribution is 7.09. The van der Waals surface area contributed by atoms with Gasteiger partial charge in [0.25, 0.3) is 0 Å². The Labute approximate surface area is 232 Å². The molecule has 214 valence electrons. The lowest BCUT2D eigenvalue weighted by molar-refractivity contribution is -0.163. The molecule has 2 saturated heterocycles. The van der Waals surface area contributed by atoms with Crippen LogP contribution in [0.3, 0.4) is 0 Å². The lowest BCUT2D eigenvalue weighted by Crippen LogP contribution is -2.49. The molecule has 2 aliphatic rings. The first kappa shape index (κ1) is 30.9. The third-order valence-electron chi connectivity index (χ3n) is 8.74. The number of carbonyl (C=O) groups is 2. The average Bonchev–Trinajstić information content (AvgIpc) is 3.30. The maximum Gasteiger partial charge on any atom is 0.312 e. The molecule has 2 unspecified atom stereocenters. The minimum atomic E-state index is -1.24. The van der Waals surface area contributed by atoms with E-state index in [0.29, 0.717) is 19.3 Å². The van der Waals surface area contributed by atoms with E-state index in [9.17, 15) is 19.8 Å². The molecular weight excluding hydrogens is 502 g/mol. The van der Waals surface area contributed by atoms with E-state index in [-0.39, 0.29) is 23.4 Å². The van der Waals surface area contributed by atoms with Crippen molar-refractivity contribution >= 4 is 29.2 Å². The van der Waals surface area contributed by atoms with Gasteiger partial charge in [0, 0.05) is 17.7 Å². The quantitative estimate of drug-likeness (QED) is 0.377. The van der Waals surface area contributed by atoms with Gasteiger partial charge < -0.3 is 19.7 Å². The molecule has 1 aromatic rings. The van der Waals surface area contributed by atoms with Crippen molar-refractivity contribution in [1.82, 2.24) is 4.98 Å². The molecule has 0 amide bonds. The van der Waals surface area contributed by atoms with Gasteiger partial charge in [-0.1, -0.05) is 47.5 Å². The SMILES string of the molecule is CCCC1C(=O)O[C@H](C(C)=Cc2csc(C)n2)C[C@@H]2O[C@]2(C)CCC[C@H](C)[C@H](O)[C@@H](C)C(=O)C(C)(C)C1O. The van der Waals surface area contributed by atoms with E-state index >= 15 is 0 Å². The van der Waals surface area contributed by atoms with Crippen molar-refractivity contribution in [3.63, 3.8) is 0 Å². The van der Waals surface area contributed by atoms with Crippen LogP contribution in [0, 0.1) is 30.1 Å². The number of aliphatic hydroxyl groups is 2. The Morgan fingerprint density at radius 2 is 1.92 bits per heavy atom. The summed E-state index contributed by atoms with van der Waals surface area (Å²) in [5.41, 5.74) is 0.154. The van der Waals surface area contributed by atoms with Gasteiger partial charge in [0.05, 0.1) is 45.9 Å². The van der Waals surface area contributed by atoms with Crippen molar-refractivity contribution < 1.29 is 29.3 Å². The highest BCUT2D eigenvalue weighted by Crippen LogP contribution is 2.45. The molecule has 0 aliphatic carbocycles. The van der Waals surface area contributed by atoms with E-state index in [0.717, 1.165) is 35.5 Å². The van der Waals surface area contributed by atoms with Crippen molar-refractivity contribution in [2.24, 2.45) is 23.2 Å². The molecule has 8 heteroatoms. The maximum atomic E-state index is 13.6. The molecule has 3 rings (SSSR count). The largest absolute Gasteiger partial charge is 0.457 e. The molecule has 0 spiro atoms. The van der Waals surface area contributed by atoms with Crippen LogP contribution in [0.25, 0.3) is 6.08 Å². The minimum absolute atomic E-state index is 0.0551. The summed E-state index contributed by atoms with van der Waals surface area (Å²) in [4.78, 5) is 31.7. The minimum Gasteiger partial charge on any atom is -0.457 e. The Kier molecular flexibility index (Phi) is 9.99. The number of nitrogens with zero attached hydrogens (tertiary/aromatic N) is 1. The summed E-state index contributed by atoms with van der Waals surface area (Å²) in [6, 6.07) is 0. The third kappa shape index (κ3) is 6.93. The van der Waals surface area contributed by atoms with Gasteiger partial charge in [-0.15, -0.1) is 11.3 Å². The Balaban J connectivity index is 1.96.